The summed E-state index contributed by atoms with van der Waals surface area (Å²) in [5.74, 6) is 0.587. The van der Waals surface area contributed by atoms with Crippen LogP contribution in [0.5, 0.6) is 5.75 Å². The van der Waals surface area contributed by atoms with E-state index in [2.05, 4.69) is 26.1 Å². The van der Waals surface area contributed by atoms with E-state index in [0.717, 1.165) is 38.3 Å². The Morgan fingerprint density at radius 1 is 1.06 bits per heavy atom. The molecule has 0 radical (unpaired) electrons. The molecule has 7 heteroatoms. The average Bonchev–Trinajstić information content (AvgIpc) is 3.34. The number of benzene rings is 3. The molecule has 5 nitrogen and oxygen atoms in total. The normalized spacial score (nSPS) is 15.3. The van der Waals surface area contributed by atoms with Gasteiger partial charge in [0.2, 0.25) is 0 Å². The van der Waals surface area contributed by atoms with Gasteiger partial charge in [-0.05, 0) is 54.1 Å². The second-order valence-electron chi connectivity index (χ2n) is 7.20. The van der Waals surface area contributed by atoms with Crippen molar-refractivity contribution in [2.24, 2.45) is 0 Å². The van der Waals surface area contributed by atoms with E-state index in [1.165, 1.54) is 0 Å². The van der Waals surface area contributed by atoms with Crippen molar-refractivity contribution in [1.29, 1.82) is 0 Å². The van der Waals surface area contributed by atoms with E-state index in [0.29, 0.717) is 10.7 Å². The van der Waals surface area contributed by atoms with Crippen molar-refractivity contribution < 1.29 is 9.53 Å². The molecule has 1 aromatic heterocycles. The number of hydrogen-bond donors (Lipinski definition) is 1. The third kappa shape index (κ3) is 3.42. The third-order valence-electron chi connectivity index (χ3n) is 5.40. The van der Waals surface area contributed by atoms with Gasteiger partial charge in [-0.3, -0.25) is 14.8 Å². The summed E-state index contributed by atoms with van der Waals surface area (Å²) in [4.78, 5) is 15.3. The number of carbonyl (C=O) groups excluding carboxylic acids is 1. The highest BCUT2D eigenvalue weighted by molar-refractivity contribution is 9.10. The van der Waals surface area contributed by atoms with Gasteiger partial charge in [-0.25, -0.2) is 0 Å². The molecule has 2 heterocycles. The van der Waals surface area contributed by atoms with Crippen LogP contribution in [-0.2, 0) is 0 Å². The maximum atomic E-state index is 13.5. The minimum Gasteiger partial charge on any atom is -0.497 e. The fraction of sp³-hybridized carbons (Fsp3) is 0.0833. The van der Waals surface area contributed by atoms with E-state index in [1.54, 1.807) is 24.1 Å². The molecule has 0 fully saturated rings. The molecule has 154 valence electrons. The first-order valence-electron chi connectivity index (χ1n) is 9.64. The Balaban J connectivity index is 1.72. The number of aromatic amines is 1. The zero-order valence-corrected chi connectivity index (χ0v) is 18.8. The van der Waals surface area contributed by atoms with Gasteiger partial charge in [0, 0.05) is 26.3 Å². The molecule has 0 aliphatic carbocycles. The van der Waals surface area contributed by atoms with Crippen molar-refractivity contribution in [2.75, 3.05) is 12.0 Å². The van der Waals surface area contributed by atoms with Crippen molar-refractivity contribution in [3.05, 3.63) is 99.1 Å². The van der Waals surface area contributed by atoms with E-state index in [-0.39, 0.29) is 11.9 Å². The molecular formula is C24H17BrClN3O2. The summed E-state index contributed by atoms with van der Waals surface area (Å²) >= 11 is 9.57. The number of aromatic nitrogens is 2. The molecule has 1 N–H and O–H groups in total. The Bertz CT molecular complexity index is 1270. The molecule has 3 aromatic carbocycles. The van der Waals surface area contributed by atoms with Gasteiger partial charge in [0.05, 0.1) is 18.8 Å². The predicted octanol–water partition coefficient (Wildman–Crippen LogP) is 6.25. The van der Waals surface area contributed by atoms with Crippen LogP contribution in [0.2, 0.25) is 5.02 Å². The summed E-state index contributed by atoms with van der Waals surface area (Å²) < 4.78 is 6.42. The van der Waals surface area contributed by atoms with Crippen LogP contribution in [0, 0.1) is 0 Å². The molecule has 1 aliphatic heterocycles. The summed E-state index contributed by atoms with van der Waals surface area (Å²) in [6.07, 6.45) is 0. The summed E-state index contributed by atoms with van der Waals surface area (Å²) in [5, 5.41) is 8.10. The summed E-state index contributed by atoms with van der Waals surface area (Å²) in [6.45, 7) is 0. The number of anilines is 1. The zero-order chi connectivity index (χ0) is 21.5. The Morgan fingerprint density at radius 2 is 1.81 bits per heavy atom. The van der Waals surface area contributed by atoms with Crippen molar-refractivity contribution in [1.82, 2.24) is 10.2 Å². The second kappa shape index (κ2) is 7.87. The van der Waals surface area contributed by atoms with E-state index in [1.807, 2.05) is 60.7 Å². The Hall–Kier alpha value is -3.09. The first-order valence-corrected chi connectivity index (χ1v) is 10.8. The average molecular weight is 495 g/mol. The van der Waals surface area contributed by atoms with Crippen molar-refractivity contribution in [2.45, 2.75) is 6.04 Å². The van der Waals surface area contributed by atoms with Crippen LogP contribution < -0.4 is 9.64 Å². The molecule has 1 atom stereocenters. The molecule has 4 aromatic rings. The number of carbonyl (C=O) groups is 1. The number of halogens is 2. The summed E-state index contributed by atoms with van der Waals surface area (Å²) in [6, 6.07) is 22.6. The summed E-state index contributed by atoms with van der Waals surface area (Å²) in [5.41, 5.74) is 4.70. The van der Waals surface area contributed by atoms with Crippen LogP contribution in [0.25, 0.3) is 11.3 Å². The monoisotopic (exact) mass is 493 g/mol. The highest BCUT2D eigenvalue weighted by Crippen LogP contribution is 2.45. The molecule has 0 unspecified atom stereocenters. The van der Waals surface area contributed by atoms with Gasteiger partial charge >= 0.3 is 0 Å². The summed E-state index contributed by atoms with van der Waals surface area (Å²) in [7, 11) is 1.63. The van der Waals surface area contributed by atoms with Crippen LogP contribution in [-0.4, -0.2) is 23.2 Å². The molecule has 1 amide bonds. The van der Waals surface area contributed by atoms with Crippen LogP contribution in [0.15, 0.2) is 77.3 Å². The Morgan fingerprint density at radius 3 is 2.52 bits per heavy atom. The van der Waals surface area contributed by atoms with Crippen molar-refractivity contribution in [3.8, 4) is 17.0 Å². The second-order valence-corrected chi connectivity index (χ2v) is 8.55. The Labute approximate surface area is 192 Å². The first-order chi connectivity index (χ1) is 15.1. The molecule has 0 saturated heterocycles. The molecule has 0 saturated carbocycles. The van der Waals surface area contributed by atoms with Crippen LogP contribution >= 0.6 is 27.5 Å². The lowest BCUT2D eigenvalue weighted by atomic mass is 9.95. The minimum absolute atomic E-state index is 0.138. The number of nitrogens with zero attached hydrogens (tertiary/aromatic N) is 2. The number of fused-ring (bicyclic) bond motifs is 1. The molecule has 31 heavy (non-hydrogen) atoms. The maximum absolute atomic E-state index is 13.5. The third-order valence-corrected chi connectivity index (χ3v) is 6.18. The van der Waals surface area contributed by atoms with Gasteiger partial charge in [-0.15, -0.1) is 0 Å². The van der Waals surface area contributed by atoms with Crippen molar-refractivity contribution >= 4 is 39.1 Å². The predicted molar refractivity (Wildman–Crippen MR) is 125 cm³/mol. The quantitative estimate of drug-likeness (QED) is 0.365. The van der Waals surface area contributed by atoms with Gasteiger partial charge in [0.15, 0.2) is 0 Å². The van der Waals surface area contributed by atoms with Gasteiger partial charge < -0.3 is 4.74 Å². The lowest BCUT2D eigenvalue weighted by molar-refractivity contribution is 0.0988. The number of methoxy groups -OCH3 is 1. The fourth-order valence-corrected chi connectivity index (χ4v) is 4.36. The standard InChI is InChI=1S/C24H17BrClN3O2/c1-31-19-4-2-3-15(13-19)23-20-21(14-5-7-16(25)8-6-14)27-28-22(20)24(30)29(23)18-11-9-17(26)10-12-18/h2-13,23H,1H3,(H,27,28)/t23-/m0/s1. The van der Waals surface area contributed by atoms with Crippen LogP contribution in [0.1, 0.15) is 27.7 Å². The molecule has 1 aliphatic rings. The number of ether oxygens (including phenoxy) is 1. The number of nitrogens with one attached hydrogen (secondary N) is 1. The SMILES string of the molecule is COc1cccc([C@H]2c3c(-c4ccc(Br)cc4)n[nH]c3C(=O)N2c2ccc(Cl)cc2)c1. The van der Waals surface area contributed by atoms with Crippen LogP contribution in [0.3, 0.4) is 0 Å². The van der Waals surface area contributed by atoms with Gasteiger partial charge in [-0.1, -0.05) is 51.8 Å². The van der Waals surface area contributed by atoms with E-state index in [9.17, 15) is 4.79 Å². The fourth-order valence-electron chi connectivity index (χ4n) is 3.97. The molecule has 0 bridgehead atoms. The number of amides is 1. The highest BCUT2D eigenvalue weighted by atomic mass is 79.9. The minimum atomic E-state index is -0.365. The molecular weight excluding hydrogens is 478 g/mol. The maximum Gasteiger partial charge on any atom is 0.277 e. The van der Waals surface area contributed by atoms with E-state index < -0.39 is 0 Å². The number of hydrogen-bond acceptors (Lipinski definition) is 3. The lowest BCUT2D eigenvalue weighted by Gasteiger charge is -2.26. The van der Waals surface area contributed by atoms with E-state index >= 15 is 0 Å². The molecule has 5 rings (SSSR count). The van der Waals surface area contributed by atoms with Gasteiger partial charge in [0.25, 0.3) is 5.91 Å². The Kier molecular flexibility index (Phi) is 5.04. The largest absolute Gasteiger partial charge is 0.497 e. The molecule has 0 spiro atoms. The smallest absolute Gasteiger partial charge is 0.277 e. The number of rotatable bonds is 4. The van der Waals surface area contributed by atoms with Crippen molar-refractivity contribution in [3.63, 3.8) is 0 Å². The number of H-pyrrole nitrogens is 1. The lowest BCUT2D eigenvalue weighted by Crippen LogP contribution is -2.29. The zero-order valence-electron chi connectivity index (χ0n) is 16.5. The van der Waals surface area contributed by atoms with E-state index in [4.69, 9.17) is 16.3 Å². The van der Waals surface area contributed by atoms with Gasteiger partial charge in [0.1, 0.15) is 11.4 Å². The first kappa shape index (κ1) is 19.8. The highest BCUT2D eigenvalue weighted by Gasteiger charge is 2.43. The topological polar surface area (TPSA) is 58.2 Å². The van der Waals surface area contributed by atoms with Crippen LogP contribution in [0.4, 0.5) is 5.69 Å². The van der Waals surface area contributed by atoms with Gasteiger partial charge in [-0.2, -0.15) is 5.10 Å².